The number of hydrogen-bond donors (Lipinski definition) is 1. The van der Waals surface area contributed by atoms with Crippen molar-refractivity contribution in [3.63, 3.8) is 0 Å². The molecule has 0 unspecified atom stereocenters. The van der Waals surface area contributed by atoms with Gasteiger partial charge in [-0.2, -0.15) is 0 Å². The molecule has 0 aromatic heterocycles. The maximum Gasteiger partial charge on any atom is 0.227 e. The Morgan fingerprint density at radius 2 is 1.75 bits per heavy atom. The average Bonchev–Trinajstić information content (AvgIpc) is 2.79. The molecule has 0 saturated carbocycles. The molecule has 7 heteroatoms. The number of piperidine rings is 2. The lowest BCUT2D eigenvalue weighted by molar-refractivity contribution is -0.121. The first kappa shape index (κ1) is 23.0. The predicted octanol–water partition coefficient (Wildman–Crippen LogP) is 4.80. The first-order valence-corrected chi connectivity index (χ1v) is 11.8. The third kappa shape index (κ3) is 6.21. The number of nitrogens with one attached hydrogen (secondary N) is 1. The minimum Gasteiger partial charge on any atom is -0.490 e. The number of anilines is 1. The molecule has 0 atom stereocenters. The maximum atomic E-state index is 14.0. The van der Waals surface area contributed by atoms with Gasteiger partial charge in [-0.3, -0.25) is 9.69 Å². The van der Waals surface area contributed by atoms with Gasteiger partial charge in [0, 0.05) is 41.8 Å². The fraction of sp³-hybridized carbons (Fsp3) is 0.480. The van der Waals surface area contributed by atoms with E-state index in [4.69, 9.17) is 16.3 Å². The topological polar surface area (TPSA) is 44.8 Å². The third-order valence-corrected chi connectivity index (χ3v) is 6.69. The van der Waals surface area contributed by atoms with Gasteiger partial charge in [-0.25, -0.2) is 4.39 Å². The quantitative estimate of drug-likeness (QED) is 0.673. The van der Waals surface area contributed by atoms with E-state index < -0.39 is 0 Å². The van der Waals surface area contributed by atoms with E-state index in [1.165, 1.54) is 6.07 Å². The smallest absolute Gasteiger partial charge is 0.227 e. The fourth-order valence-electron chi connectivity index (χ4n) is 4.40. The number of benzene rings is 2. The normalized spacial score (nSPS) is 19.1. The van der Waals surface area contributed by atoms with E-state index in [-0.39, 0.29) is 23.7 Å². The summed E-state index contributed by atoms with van der Waals surface area (Å²) in [6.07, 6.45) is 3.87. The largest absolute Gasteiger partial charge is 0.490 e. The van der Waals surface area contributed by atoms with Gasteiger partial charge in [0.1, 0.15) is 17.7 Å². The molecular weight excluding hydrogens is 429 g/mol. The molecule has 0 spiro atoms. The van der Waals surface area contributed by atoms with Crippen LogP contribution in [0.5, 0.6) is 5.75 Å². The first-order chi connectivity index (χ1) is 15.5. The summed E-state index contributed by atoms with van der Waals surface area (Å²) >= 11 is 5.83. The lowest BCUT2D eigenvalue weighted by Gasteiger charge is -2.31. The standard InChI is InChI=1S/C25H31ClFN3O2/c1-29-12-10-23(11-13-29)32-22-6-4-21(5-7-22)28-25(31)18-8-14-30(15-9-18)17-19-2-3-20(26)16-24(19)27/h2-7,16,18,23H,8-15,17H2,1H3,(H,28,31). The monoisotopic (exact) mass is 459 g/mol. The Bertz CT molecular complexity index is 908. The summed E-state index contributed by atoms with van der Waals surface area (Å²) < 4.78 is 20.1. The van der Waals surface area contributed by atoms with E-state index in [9.17, 15) is 9.18 Å². The van der Waals surface area contributed by atoms with Gasteiger partial charge in [-0.05, 0) is 82.2 Å². The molecule has 0 bridgehead atoms. The van der Waals surface area contributed by atoms with E-state index in [1.807, 2.05) is 24.3 Å². The van der Waals surface area contributed by atoms with Crippen LogP contribution in [0.1, 0.15) is 31.2 Å². The number of halogens is 2. The third-order valence-electron chi connectivity index (χ3n) is 6.46. The van der Waals surface area contributed by atoms with E-state index >= 15 is 0 Å². The van der Waals surface area contributed by atoms with Crippen molar-refractivity contribution in [3.05, 3.63) is 58.9 Å². The van der Waals surface area contributed by atoms with Gasteiger partial charge < -0.3 is 15.0 Å². The molecule has 32 heavy (non-hydrogen) atoms. The van der Waals surface area contributed by atoms with Gasteiger partial charge in [0.2, 0.25) is 5.91 Å². The Balaban J connectivity index is 1.22. The number of hydrogen-bond acceptors (Lipinski definition) is 4. The molecule has 1 amide bonds. The number of carbonyl (C=O) groups is 1. The summed E-state index contributed by atoms with van der Waals surface area (Å²) in [7, 11) is 2.14. The summed E-state index contributed by atoms with van der Waals surface area (Å²) in [6.45, 7) is 4.20. The van der Waals surface area contributed by atoms with Crippen molar-refractivity contribution in [2.45, 2.75) is 38.3 Å². The molecule has 5 nitrogen and oxygen atoms in total. The molecule has 0 aliphatic carbocycles. The maximum absolute atomic E-state index is 14.0. The SMILES string of the molecule is CN1CCC(Oc2ccc(NC(=O)C3CCN(Cc4ccc(Cl)cc4F)CC3)cc2)CC1. The van der Waals surface area contributed by atoms with Crippen molar-refractivity contribution in [1.82, 2.24) is 9.80 Å². The van der Waals surface area contributed by atoms with E-state index in [2.05, 4.69) is 22.2 Å². The highest BCUT2D eigenvalue weighted by Crippen LogP contribution is 2.24. The van der Waals surface area contributed by atoms with Crippen molar-refractivity contribution in [3.8, 4) is 5.75 Å². The van der Waals surface area contributed by atoms with Gasteiger partial charge in [-0.15, -0.1) is 0 Å². The van der Waals surface area contributed by atoms with Crippen LogP contribution < -0.4 is 10.1 Å². The van der Waals surface area contributed by atoms with E-state index in [0.29, 0.717) is 17.1 Å². The molecule has 0 radical (unpaired) electrons. The van der Waals surface area contributed by atoms with Crippen LogP contribution in [0.3, 0.4) is 0 Å². The summed E-state index contributed by atoms with van der Waals surface area (Å²) in [5.41, 5.74) is 1.43. The van der Waals surface area contributed by atoms with Crippen molar-refractivity contribution < 1.29 is 13.9 Å². The van der Waals surface area contributed by atoms with Crippen molar-refractivity contribution in [2.75, 3.05) is 38.5 Å². The number of ether oxygens (including phenoxy) is 1. The van der Waals surface area contributed by atoms with Gasteiger partial charge in [0.25, 0.3) is 0 Å². The second-order valence-electron chi connectivity index (χ2n) is 8.92. The minimum absolute atomic E-state index is 0.0310. The van der Waals surface area contributed by atoms with Crippen LogP contribution in [0.4, 0.5) is 10.1 Å². The molecule has 2 heterocycles. The highest BCUT2D eigenvalue weighted by atomic mass is 35.5. The first-order valence-electron chi connectivity index (χ1n) is 11.4. The molecule has 2 aliphatic rings. The Hall–Kier alpha value is -2.15. The molecule has 4 rings (SSSR count). The Morgan fingerprint density at radius 1 is 1.06 bits per heavy atom. The zero-order valence-corrected chi connectivity index (χ0v) is 19.3. The highest BCUT2D eigenvalue weighted by molar-refractivity contribution is 6.30. The second-order valence-corrected chi connectivity index (χ2v) is 9.36. The number of amides is 1. The van der Waals surface area contributed by atoms with Crippen LogP contribution in [0.25, 0.3) is 0 Å². The molecule has 2 aromatic carbocycles. The van der Waals surface area contributed by atoms with Crippen molar-refractivity contribution >= 4 is 23.2 Å². The Labute approximate surface area is 194 Å². The van der Waals surface area contributed by atoms with Crippen LogP contribution in [0, 0.1) is 11.7 Å². The van der Waals surface area contributed by atoms with Crippen LogP contribution in [-0.4, -0.2) is 55.0 Å². The molecular formula is C25H31ClFN3O2. The number of likely N-dealkylation sites (tertiary alicyclic amines) is 2. The molecule has 1 N–H and O–H groups in total. The Morgan fingerprint density at radius 3 is 2.41 bits per heavy atom. The molecule has 2 saturated heterocycles. The number of nitrogens with zero attached hydrogens (tertiary/aromatic N) is 2. The molecule has 2 fully saturated rings. The Kier molecular flexibility index (Phi) is 7.66. The summed E-state index contributed by atoms with van der Waals surface area (Å²) in [5, 5.41) is 3.44. The van der Waals surface area contributed by atoms with Crippen LogP contribution in [-0.2, 0) is 11.3 Å². The highest BCUT2D eigenvalue weighted by Gasteiger charge is 2.25. The number of carbonyl (C=O) groups excluding carboxylic acids is 1. The summed E-state index contributed by atoms with van der Waals surface area (Å²) in [4.78, 5) is 17.2. The zero-order chi connectivity index (χ0) is 22.5. The molecule has 2 aliphatic heterocycles. The van der Waals surface area contributed by atoms with Gasteiger partial charge in [0.15, 0.2) is 0 Å². The minimum atomic E-state index is -0.277. The predicted molar refractivity (Wildman–Crippen MR) is 126 cm³/mol. The van der Waals surface area contributed by atoms with Gasteiger partial charge >= 0.3 is 0 Å². The summed E-state index contributed by atoms with van der Waals surface area (Å²) in [6, 6.07) is 12.5. The van der Waals surface area contributed by atoms with Gasteiger partial charge in [0.05, 0.1) is 0 Å². The lowest BCUT2D eigenvalue weighted by atomic mass is 9.95. The van der Waals surface area contributed by atoms with Crippen LogP contribution in [0.15, 0.2) is 42.5 Å². The lowest BCUT2D eigenvalue weighted by Crippen LogP contribution is -2.37. The van der Waals surface area contributed by atoms with Gasteiger partial charge in [-0.1, -0.05) is 17.7 Å². The molecule has 172 valence electrons. The number of rotatable bonds is 6. The zero-order valence-electron chi connectivity index (χ0n) is 18.5. The van der Waals surface area contributed by atoms with Crippen LogP contribution in [0.2, 0.25) is 5.02 Å². The summed E-state index contributed by atoms with van der Waals surface area (Å²) in [5.74, 6) is 0.587. The average molecular weight is 460 g/mol. The van der Waals surface area contributed by atoms with E-state index in [1.54, 1.807) is 12.1 Å². The van der Waals surface area contributed by atoms with Crippen molar-refractivity contribution in [1.29, 1.82) is 0 Å². The second kappa shape index (κ2) is 10.6. The van der Waals surface area contributed by atoms with Crippen LogP contribution >= 0.6 is 11.6 Å². The van der Waals surface area contributed by atoms with E-state index in [0.717, 1.165) is 63.3 Å². The fourth-order valence-corrected chi connectivity index (χ4v) is 4.56. The van der Waals surface area contributed by atoms with Crippen molar-refractivity contribution in [2.24, 2.45) is 5.92 Å². The molecule has 2 aromatic rings.